The largest absolute Gasteiger partial charge is 0.494 e. The Morgan fingerprint density at radius 2 is 2.05 bits per heavy atom. The Kier molecular flexibility index (Phi) is 6.14. The molecule has 116 valence electrons. The summed E-state index contributed by atoms with van der Waals surface area (Å²) in [5, 5.41) is 11.5. The van der Waals surface area contributed by atoms with Crippen molar-refractivity contribution in [3.8, 4) is 5.75 Å². The molecular formula is C15H20FNO4. The molecule has 0 aliphatic heterocycles. The van der Waals surface area contributed by atoms with Gasteiger partial charge in [0.15, 0.2) is 11.6 Å². The maximum atomic E-state index is 13.5. The molecule has 0 aliphatic rings. The van der Waals surface area contributed by atoms with Crippen molar-refractivity contribution in [1.29, 1.82) is 0 Å². The molecule has 0 saturated carbocycles. The van der Waals surface area contributed by atoms with Crippen LogP contribution in [0.1, 0.15) is 25.8 Å². The maximum absolute atomic E-state index is 13.5. The molecule has 0 saturated heterocycles. The Bertz CT molecular complexity index is 516. The zero-order chi connectivity index (χ0) is 16.0. The summed E-state index contributed by atoms with van der Waals surface area (Å²) in [4.78, 5) is 22.7. The van der Waals surface area contributed by atoms with Crippen molar-refractivity contribution in [1.82, 2.24) is 5.32 Å². The van der Waals surface area contributed by atoms with Gasteiger partial charge in [0.1, 0.15) is 6.04 Å². The van der Waals surface area contributed by atoms with Gasteiger partial charge in [0.25, 0.3) is 0 Å². The molecule has 21 heavy (non-hydrogen) atoms. The molecule has 1 aromatic rings. The number of hydrogen-bond donors (Lipinski definition) is 2. The third-order valence-corrected chi connectivity index (χ3v) is 3.11. The summed E-state index contributed by atoms with van der Waals surface area (Å²) in [6.07, 6.45) is 0.430. The normalized spacial score (nSPS) is 12.0. The van der Waals surface area contributed by atoms with Crippen molar-refractivity contribution >= 4 is 11.9 Å². The average molecular weight is 297 g/mol. The van der Waals surface area contributed by atoms with Crippen molar-refractivity contribution in [2.45, 2.75) is 32.7 Å². The zero-order valence-corrected chi connectivity index (χ0v) is 12.4. The van der Waals surface area contributed by atoms with Gasteiger partial charge in [0.2, 0.25) is 5.91 Å². The van der Waals surface area contributed by atoms with Gasteiger partial charge in [-0.05, 0) is 30.0 Å². The number of hydrogen-bond acceptors (Lipinski definition) is 3. The highest BCUT2D eigenvalue weighted by molar-refractivity contribution is 5.83. The number of carbonyl (C=O) groups excluding carboxylic acids is 1. The first kappa shape index (κ1) is 16.9. The van der Waals surface area contributed by atoms with Crippen LogP contribution < -0.4 is 10.1 Å². The Labute approximate surface area is 123 Å². The van der Waals surface area contributed by atoms with Gasteiger partial charge in [-0.1, -0.05) is 19.9 Å². The molecule has 0 radical (unpaired) electrons. The molecule has 2 N–H and O–H groups in total. The highest BCUT2D eigenvalue weighted by Crippen LogP contribution is 2.18. The van der Waals surface area contributed by atoms with E-state index in [9.17, 15) is 14.0 Å². The van der Waals surface area contributed by atoms with Gasteiger partial charge in [-0.2, -0.15) is 0 Å². The third-order valence-electron chi connectivity index (χ3n) is 3.11. The lowest BCUT2D eigenvalue weighted by molar-refractivity contribution is -0.143. The summed E-state index contributed by atoms with van der Waals surface area (Å²) in [5.41, 5.74) is 0.653. The minimum Gasteiger partial charge on any atom is -0.494 e. The first-order valence-corrected chi connectivity index (χ1v) is 6.69. The van der Waals surface area contributed by atoms with E-state index in [1.54, 1.807) is 19.9 Å². The molecule has 0 heterocycles. The summed E-state index contributed by atoms with van der Waals surface area (Å²) in [7, 11) is 1.38. The molecule has 0 fully saturated rings. The number of carboxylic acids is 1. The summed E-state index contributed by atoms with van der Waals surface area (Å²) in [6.45, 7) is 3.44. The molecule has 1 amide bonds. The fraction of sp³-hybridized carbons (Fsp3) is 0.467. The van der Waals surface area contributed by atoms with E-state index in [-0.39, 0.29) is 24.0 Å². The number of methoxy groups -OCH3 is 1. The highest BCUT2D eigenvalue weighted by Gasteiger charge is 2.23. The number of halogens is 1. The molecule has 0 bridgehead atoms. The Morgan fingerprint density at radius 3 is 2.52 bits per heavy atom. The van der Waals surface area contributed by atoms with Crippen molar-refractivity contribution < 1.29 is 23.8 Å². The van der Waals surface area contributed by atoms with Crippen LogP contribution in [-0.4, -0.2) is 30.1 Å². The summed E-state index contributed by atoms with van der Waals surface area (Å²) in [6, 6.07) is 3.57. The van der Waals surface area contributed by atoms with Gasteiger partial charge >= 0.3 is 5.97 Å². The fourth-order valence-electron chi connectivity index (χ4n) is 1.88. The van der Waals surface area contributed by atoms with E-state index >= 15 is 0 Å². The number of aryl methyl sites for hydroxylation is 1. The fourth-order valence-corrected chi connectivity index (χ4v) is 1.88. The summed E-state index contributed by atoms with van der Waals surface area (Å²) >= 11 is 0. The van der Waals surface area contributed by atoms with E-state index in [0.717, 1.165) is 0 Å². The number of carboxylic acid groups (broad SMARTS) is 1. The van der Waals surface area contributed by atoms with E-state index in [0.29, 0.717) is 12.0 Å². The van der Waals surface area contributed by atoms with E-state index in [2.05, 4.69) is 5.32 Å². The van der Waals surface area contributed by atoms with Gasteiger partial charge in [0, 0.05) is 6.42 Å². The van der Waals surface area contributed by atoms with Crippen LogP contribution in [0.15, 0.2) is 18.2 Å². The van der Waals surface area contributed by atoms with E-state index in [4.69, 9.17) is 9.84 Å². The second kappa shape index (κ2) is 7.61. The van der Waals surface area contributed by atoms with Gasteiger partial charge in [-0.25, -0.2) is 9.18 Å². The molecule has 0 aromatic heterocycles. The lowest BCUT2D eigenvalue weighted by Gasteiger charge is -2.17. The predicted molar refractivity (Wildman–Crippen MR) is 75.7 cm³/mol. The van der Waals surface area contributed by atoms with Crippen LogP contribution in [-0.2, 0) is 16.0 Å². The number of ether oxygens (including phenoxy) is 1. The minimum atomic E-state index is -1.06. The van der Waals surface area contributed by atoms with Crippen molar-refractivity contribution in [2.24, 2.45) is 5.92 Å². The molecular weight excluding hydrogens is 277 g/mol. The van der Waals surface area contributed by atoms with E-state index in [1.165, 1.54) is 19.2 Å². The number of amides is 1. The SMILES string of the molecule is COc1ccc(CCC(=O)N[C@@H](C(=O)O)C(C)C)cc1F. The first-order valence-electron chi connectivity index (χ1n) is 6.69. The van der Waals surface area contributed by atoms with Crippen molar-refractivity contribution in [3.63, 3.8) is 0 Å². The lowest BCUT2D eigenvalue weighted by Crippen LogP contribution is -2.44. The second-order valence-corrected chi connectivity index (χ2v) is 5.10. The van der Waals surface area contributed by atoms with E-state index < -0.39 is 17.8 Å². The van der Waals surface area contributed by atoms with Crippen molar-refractivity contribution in [2.75, 3.05) is 7.11 Å². The second-order valence-electron chi connectivity index (χ2n) is 5.10. The number of carbonyl (C=O) groups is 2. The Balaban J connectivity index is 2.56. The molecule has 1 rings (SSSR count). The quantitative estimate of drug-likeness (QED) is 0.807. The van der Waals surface area contributed by atoms with Gasteiger partial charge in [0.05, 0.1) is 7.11 Å². The van der Waals surface area contributed by atoms with Crippen LogP contribution in [0.5, 0.6) is 5.75 Å². The lowest BCUT2D eigenvalue weighted by atomic mass is 10.0. The van der Waals surface area contributed by atoms with Gasteiger partial charge in [-0.3, -0.25) is 4.79 Å². The Morgan fingerprint density at radius 1 is 1.38 bits per heavy atom. The number of nitrogens with one attached hydrogen (secondary N) is 1. The predicted octanol–water partition coefficient (Wildman–Crippen LogP) is 1.99. The molecule has 0 spiro atoms. The number of aliphatic carboxylic acids is 1. The molecule has 0 aliphatic carbocycles. The molecule has 1 aromatic carbocycles. The standard InChI is InChI=1S/C15H20FNO4/c1-9(2)14(15(19)20)17-13(18)7-5-10-4-6-12(21-3)11(16)8-10/h4,6,8-9,14H,5,7H2,1-3H3,(H,17,18)(H,19,20)/t14-/m1/s1. The van der Waals surface area contributed by atoms with Crippen LogP contribution in [0.3, 0.4) is 0 Å². The molecule has 5 nitrogen and oxygen atoms in total. The molecule has 0 unspecified atom stereocenters. The number of benzene rings is 1. The topological polar surface area (TPSA) is 75.6 Å². The zero-order valence-electron chi connectivity index (χ0n) is 12.4. The summed E-state index contributed by atoms with van der Waals surface area (Å²) in [5.74, 6) is -1.97. The van der Waals surface area contributed by atoms with Crippen LogP contribution >= 0.6 is 0 Å². The van der Waals surface area contributed by atoms with Gasteiger partial charge < -0.3 is 15.2 Å². The monoisotopic (exact) mass is 297 g/mol. The van der Waals surface area contributed by atoms with Crippen molar-refractivity contribution in [3.05, 3.63) is 29.6 Å². The molecule has 1 atom stereocenters. The third kappa shape index (κ3) is 5.06. The van der Waals surface area contributed by atoms with Crippen LogP contribution in [0.4, 0.5) is 4.39 Å². The Hall–Kier alpha value is -2.11. The van der Waals surface area contributed by atoms with Crippen LogP contribution in [0, 0.1) is 11.7 Å². The highest BCUT2D eigenvalue weighted by atomic mass is 19.1. The van der Waals surface area contributed by atoms with Crippen LogP contribution in [0.2, 0.25) is 0 Å². The van der Waals surface area contributed by atoms with Gasteiger partial charge in [-0.15, -0.1) is 0 Å². The smallest absolute Gasteiger partial charge is 0.326 e. The number of rotatable bonds is 7. The summed E-state index contributed by atoms with van der Waals surface area (Å²) < 4.78 is 18.3. The van der Waals surface area contributed by atoms with Crippen LogP contribution in [0.25, 0.3) is 0 Å². The first-order chi connectivity index (χ1) is 9.85. The minimum absolute atomic E-state index is 0.0995. The van der Waals surface area contributed by atoms with E-state index in [1.807, 2.05) is 0 Å². The maximum Gasteiger partial charge on any atom is 0.326 e. The molecule has 6 heteroatoms. The average Bonchev–Trinajstić information content (AvgIpc) is 2.42.